The summed E-state index contributed by atoms with van der Waals surface area (Å²) in [4.78, 5) is 8.54. The molecule has 0 amide bonds. The van der Waals surface area contributed by atoms with Gasteiger partial charge in [-0.3, -0.25) is 9.89 Å². The summed E-state index contributed by atoms with van der Waals surface area (Å²) >= 11 is 1.85. The molecule has 1 fully saturated rings. The molecule has 1 aliphatic rings. The van der Waals surface area contributed by atoms with E-state index in [2.05, 4.69) is 51.8 Å². The predicted molar refractivity (Wildman–Crippen MR) is 104 cm³/mol. The minimum atomic E-state index is 0.515. The van der Waals surface area contributed by atoms with Gasteiger partial charge in [-0.1, -0.05) is 18.2 Å². The number of thiophene rings is 1. The molecule has 3 rings (SSSR count). The molecule has 0 atom stereocenters. The largest absolute Gasteiger partial charge is 0.370 e. The Kier molecular flexibility index (Phi) is 5.88. The normalized spacial score (nSPS) is 17.1. The van der Waals surface area contributed by atoms with Crippen LogP contribution in [0.5, 0.6) is 0 Å². The van der Waals surface area contributed by atoms with Gasteiger partial charge in [-0.05, 0) is 67.9 Å². The lowest BCUT2D eigenvalue weighted by molar-refractivity contribution is 0.182. The molecule has 0 spiro atoms. The van der Waals surface area contributed by atoms with Crippen LogP contribution in [-0.4, -0.2) is 30.5 Å². The van der Waals surface area contributed by atoms with Crippen LogP contribution < -0.4 is 11.1 Å². The van der Waals surface area contributed by atoms with Crippen LogP contribution in [0.15, 0.2) is 46.8 Å². The fourth-order valence-corrected chi connectivity index (χ4v) is 3.83. The van der Waals surface area contributed by atoms with Crippen molar-refractivity contribution in [3.8, 4) is 0 Å². The van der Waals surface area contributed by atoms with Gasteiger partial charge >= 0.3 is 0 Å². The summed E-state index contributed by atoms with van der Waals surface area (Å²) in [7, 11) is 0. The third-order valence-corrected chi connectivity index (χ3v) is 5.34. The van der Waals surface area contributed by atoms with E-state index in [-0.39, 0.29) is 0 Å². The lowest BCUT2D eigenvalue weighted by Gasteiger charge is -2.30. The highest BCUT2D eigenvalue weighted by Gasteiger charge is 2.19. The molecule has 128 valence electrons. The Labute approximate surface area is 148 Å². The number of rotatable bonds is 5. The van der Waals surface area contributed by atoms with E-state index >= 15 is 0 Å². The Hall–Kier alpha value is -1.85. The SMILES string of the molecule is Cc1cccc(NC(N)=NCC2CCN(Cc3cccs3)CC2)c1. The fourth-order valence-electron chi connectivity index (χ4n) is 3.09. The third-order valence-electron chi connectivity index (χ3n) is 4.48. The van der Waals surface area contributed by atoms with Gasteiger partial charge in [0.15, 0.2) is 5.96 Å². The molecule has 0 aliphatic carbocycles. The van der Waals surface area contributed by atoms with Gasteiger partial charge in [0.1, 0.15) is 0 Å². The van der Waals surface area contributed by atoms with Gasteiger partial charge in [0.25, 0.3) is 0 Å². The van der Waals surface area contributed by atoms with Gasteiger partial charge < -0.3 is 11.1 Å². The summed E-state index contributed by atoms with van der Waals surface area (Å²) < 4.78 is 0. The van der Waals surface area contributed by atoms with Crippen molar-refractivity contribution in [1.29, 1.82) is 0 Å². The minimum absolute atomic E-state index is 0.515. The first-order chi connectivity index (χ1) is 11.7. The number of benzene rings is 1. The van der Waals surface area contributed by atoms with Crippen LogP contribution in [0, 0.1) is 12.8 Å². The first-order valence-corrected chi connectivity index (χ1v) is 9.45. The number of hydrogen-bond donors (Lipinski definition) is 2. The maximum Gasteiger partial charge on any atom is 0.193 e. The van der Waals surface area contributed by atoms with Gasteiger partial charge in [0.2, 0.25) is 0 Å². The van der Waals surface area contributed by atoms with Crippen LogP contribution in [0.4, 0.5) is 5.69 Å². The van der Waals surface area contributed by atoms with E-state index in [9.17, 15) is 0 Å². The van der Waals surface area contributed by atoms with E-state index in [0.717, 1.165) is 31.9 Å². The lowest BCUT2D eigenvalue weighted by Crippen LogP contribution is -2.34. The first-order valence-electron chi connectivity index (χ1n) is 8.57. The molecule has 5 heteroatoms. The first kappa shape index (κ1) is 17.0. The second-order valence-electron chi connectivity index (χ2n) is 6.52. The van der Waals surface area contributed by atoms with E-state index in [1.54, 1.807) is 0 Å². The summed E-state index contributed by atoms with van der Waals surface area (Å²) in [6.07, 6.45) is 2.40. The standard InChI is InChI=1S/C19H26N4S/c1-15-4-2-5-17(12-15)22-19(20)21-13-16-7-9-23(10-8-16)14-18-6-3-11-24-18/h2-6,11-12,16H,7-10,13-14H2,1H3,(H3,20,21,22). The van der Waals surface area contributed by atoms with Crippen LogP contribution in [-0.2, 0) is 6.54 Å². The minimum Gasteiger partial charge on any atom is -0.370 e. The molecule has 0 radical (unpaired) electrons. The second-order valence-corrected chi connectivity index (χ2v) is 7.55. The van der Waals surface area contributed by atoms with E-state index in [1.807, 2.05) is 23.5 Å². The number of nitrogens with two attached hydrogens (primary N) is 1. The zero-order valence-corrected chi connectivity index (χ0v) is 15.1. The Morgan fingerprint density at radius 2 is 2.12 bits per heavy atom. The maximum atomic E-state index is 6.02. The molecule has 0 bridgehead atoms. The number of hydrogen-bond acceptors (Lipinski definition) is 3. The van der Waals surface area contributed by atoms with Gasteiger partial charge in [0.05, 0.1) is 0 Å². The number of likely N-dealkylation sites (tertiary alicyclic amines) is 1. The van der Waals surface area contributed by atoms with Crippen LogP contribution in [0.1, 0.15) is 23.3 Å². The zero-order chi connectivity index (χ0) is 16.8. The summed E-state index contributed by atoms with van der Waals surface area (Å²) in [6.45, 7) is 6.29. The number of nitrogens with one attached hydrogen (secondary N) is 1. The van der Waals surface area contributed by atoms with Crippen molar-refractivity contribution in [2.75, 3.05) is 25.0 Å². The van der Waals surface area contributed by atoms with Crippen molar-refractivity contribution in [3.05, 3.63) is 52.2 Å². The van der Waals surface area contributed by atoms with Gasteiger partial charge in [-0.25, -0.2) is 0 Å². The topological polar surface area (TPSA) is 53.6 Å². The molecule has 1 aliphatic heterocycles. The van der Waals surface area contributed by atoms with Crippen molar-refractivity contribution < 1.29 is 0 Å². The molecule has 1 aromatic carbocycles. The number of nitrogens with zero attached hydrogens (tertiary/aromatic N) is 2. The number of aryl methyl sites for hydroxylation is 1. The maximum absolute atomic E-state index is 6.02. The van der Waals surface area contributed by atoms with Crippen molar-refractivity contribution in [1.82, 2.24) is 4.90 Å². The smallest absolute Gasteiger partial charge is 0.193 e. The van der Waals surface area contributed by atoms with Crippen molar-refractivity contribution in [2.45, 2.75) is 26.3 Å². The molecule has 1 saturated heterocycles. The molecule has 3 N–H and O–H groups in total. The quantitative estimate of drug-likeness (QED) is 0.643. The van der Waals surface area contributed by atoms with E-state index in [0.29, 0.717) is 11.9 Å². The van der Waals surface area contributed by atoms with Crippen LogP contribution in [0.3, 0.4) is 0 Å². The molecule has 2 aromatic rings. The fraction of sp³-hybridized carbons (Fsp3) is 0.421. The molecular formula is C19H26N4S. The van der Waals surface area contributed by atoms with E-state index < -0.39 is 0 Å². The van der Waals surface area contributed by atoms with Crippen molar-refractivity contribution in [3.63, 3.8) is 0 Å². The summed E-state index contributed by atoms with van der Waals surface area (Å²) in [5.74, 6) is 1.16. The van der Waals surface area contributed by atoms with Crippen LogP contribution in [0.2, 0.25) is 0 Å². The number of aliphatic imine (C=N–C) groups is 1. The zero-order valence-electron chi connectivity index (χ0n) is 14.2. The molecule has 24 heavy (non-hydrogen) atoms. The Morgan fingerprint density at radius 1 is 1.29 bits per heavy atom. The Morgan fingerprint density at radius 3 is 2.83 bits per heavy atom. The van der Waals surface area contributed by atoms with Crippen molar-refractivity contribution >= 4 is 23.0 Å². The average Bonchev–Trinajstić information content (AvgIpc) is 3.07. The molecule has 2 heterocycles. The molecule has 4 nitrogen and oxygen atoms in total. The highest BCUT2D eigenvalue weighted by atomic mass is 32.1. The number of piperidine rings is 1. The van der Waals surface area contributed by atoms with E-state index in [1.165, 1.54) is 23.3 Å². The molecule has 1 aromatic heterocycles. The van der Waals surface area contributed by atoms with E-state index in [4.69, 9.17) is 5.73 Å². The lowest BCUT2D eigenvalue weighted by atomic mass is 9.97. The third kappa shape index (κ3) is 5.08. The van der Waals surface area contributed by atoms with Gasteiger partial charge in [-0.15, -0.1) is 11.3 Å². The highest BCUT2D eigenvalue weighted by Crippen LogP contribution is 2.21. The monoisotopic (exact) mass is 342 g/mol. The number of guanidine groups is 1. The summed E-state index contributed by atoms with van der Waals surface area (Å²) in [6, 6.07) is 12.5. The highest BCUT2D eigenvalue weighted by molar-refractivity contribution is 7.09. The van der Waals surface area contributed by atoms with Gasteiger partial charge in [0, 0.05) is 23.7 Å². The predicted octanol–water partition coefficient (Wildman–Crippen LogP) is 3.70. The molecular weight excluding hydrogens is 316 g/mol. The average molecular weight is 343 g/mol. The van der Waals surface area contributed by atoms with Crippen LogP contribution >= 0.6 is 11.3 Å². The molecule has 0 unspecified atom stereocenters. The Balaban J connectivity index is 1.42. The second kappa shape index (κ2) is 8.31. The van der Waals surface area contributed by atoms with Gasteiger partial charge in [-0.2, -0.15) is 0 Å². The van der Waals surface area contributed by atoms with Crippen molar-refractivity contribution in [2.24, 2.45) is 16.6 Å². The summed E-state index contributed by atoms with van der Waals surface area (Å²) in [5.41, 5.74) is 8.24. The summed E-state index contributed by atoms with van der Waals surface area (Å²) in [5, 5.41) is 5.33. The number of anilines is 1. The molecule has 0 saturated carbocycles. The van der Waals surface area contributed by atoms with Crippen LogP contribution in [0.25, 0.3) is 0 Å². The Bertz CT molecular complexity index is 658.